The molecule has 12 heavy (non-hydrogen) atoms. The number of aliphatic hydroxyl groups excluding tert-OH is 2. The van der Waals surface area contributed by atoms with Gasteiger partial charge in [-0.25, -0.2) is 0 Å². The Balaban J connectivity index is -0.000000405. The Morgan fingerprint density at radius 1 is 0.833 bits per heavy atom. The molecular formula is C6H12O4Y2-2. The third-order valence-electron chi connectivity index (χ3n) is 0.757. The zero-order valence-corrected chi connectivity index (χ0v) is 12.5. The first kappa shape index (κ1) is 19.6. The fourth-order valence-corrected chi connectivity index (χ4v) is 0.390. The first-order valence-electron chi connectivity index (χ1n) is 2.99. The van der Waals surface area contributed by atoms with Crippen molar-refractivity contribution >= 4 is 0 Å². The molecule has 0 heterocycles. The average Bonchev–Trinajstić information content (AvgIpc) is 1.97. The molecule has 0 spiro atoms. The van der Waals surface area contributed by atoms with Crippen molar-refractivity contribution in [1.82, 2.24) is 0 Å². The van der Waals surface area contributed by atoms with E-state index in [-0.39, 0.29) is 78.6 Å². The maximum Gasteiger partial charge on any atom is 0.0664 e. The summed E-state index contributed by atoms with van der Waals surface area (Å²) in [6.07, 6.45) is 0. The predicted octanol–water partition coefficient (Wildman–Crippen LogP) is 0.0832. The minimum absolute atomic E-state index is 0. The fraction of sp³-hybridized carbons (Fsp3) is 0.667. The summed E-state index contributed by atoms with van der Waals surface area (Å²) in [4.78, 5) is 0. The molecule has 0 aromatic rings. The summed E-state index contributed by atoms with van der Waals surface area (Å²) in [5.74, 6) is 0. The van der Waals surface area contributed by atoms with E-state index in [4.69, 9.17) is 19.7 Å². The molecule has 0 unspecified atom stereocenters. The van der Waals surface area contributed by atoms with Gasteiger partial charge in [0.2, 0.25) is 0 Å². The largest absolute Gasteiger partial charge is 0.564 e. The molecule has 0 rings (SSSR count). The number of rotatable bonds is 7. The second-order valence-electron chi connectivity index (χ2n) is 1.51. The number of ether oxygens (including phenoxy) is 2. The van der Waals surface area contributed by atoms with E-state index in [0.29, 0.717) is 13.2 Å². The van der Waals surface area contributed by atoms with E-state index in [1.165, 1.54) is 0 Å². The summed E-state index contributed by atoms with van der Waals surface area (Å²) >= 11 is 0. The van der Waals surface area contributed by atoms with Crippen LogP contribution in [0.1, 0.15) is 0 Å². The van der Waals surface area contributed by atoms with Crippen molar-refractivity contribution in [2.75, 3.05) is 26.4 Å². The summed E-state index contributed by atoms with van der Waals surface area (Å²) in [6, 6.07) is 0. The second kappa shape index (κ2) is 18.8. The van der Waals surface area contributed by atoms with Crippen LogP contribution in [0.3, 0.4) is 0 Å². The van der Waals surface area contributed by atoms with Gasteiger partial charge in [-0.3, -0.25) is 0 Å². The minimum atomic E-state index is 0. The first-order valence-corrected chi connectivity index (χ1v) is 2.99. The molecule has 0 saturated heterocycles. The van der Waals surface area contributed by atoms with Crippen LogP contribution in [0.2, 0.25) is 0 Å². The van der Waals surface area contributed by atoms with Crippen molar-refractivity contribution in [3.8, 4) is 0 Å². The van der Waals surface area contributed by atoms with E-state index < -0.39 is 0 Å². The van der Waals surface area contributed by atoms with Crippen molar-refractivity contribution in [3.05, 3.63) is 13.2 Å². The smallest absolute Gasteiger partial charge is 0.0664 e. The Kier molecular flexibility index (Phi) is 30.6. The molecule has 0 aromatic heterocycles. The molecule has 0 aliphatic carbocycles. The third-order valence-corrected chi connectivity index (χ3v) is 0.757. The predicted molar refractivity (Wildman–Crippen MR) is 34.1 cm³/mol. The van der Waals surface area contributed by atoms with Gasteiger partial charge in [0.25, 0.3) is 0 Å². The maximum atomic E-state index is 8.13. The molecule has 2 N–H and O–H groups in total. The summed E-state index contributed by atoms with van der Waals surface area (Å²) in [5, 5.41) is 16.3. The monoisotopic (exact) mass is 326 g/mol. The Labute approximate surface area is 123 Å². The van der Waals surface area contributed by atoms with Gasteiger partial charge < -0.3 is 19.7 Å². The third kappa shape index (κ3) is 18.0. The minimum Gasteiger partial charge on any atom is -0.564 e. The number of hydrogen-bond acceptors (Lipinski definition) is 4. The van der Waals surface area contributed by atoms with Gasteiger partial charge in [-0.1, -0.05) is 13.2 Å². The Bertz CT molecular complexity index is 57.5. The first-order chi connectivity index (χ1) is 4.91. The summed E-state index contributed by atoms with van der Waals surface area (Å²) in [6.45, 7) is 3.13. The topological polar surface area (TPSA) is 58.9 Å². The van der Waals surface area contributed by atoms with Gasteiger partial charge in [0.15, 0.2) is 0 Å². The van der Waals surface area contributed by atoms with Crippen LogP contribution in [0.4, 0.5) is 0 Å². The summed E-state index contributed by atoms with van der Waals surface area (Å²) in [5.41, 5.74) is 0. The van der Waals surface area contributed by atoms with Crippen molar-refractivity contribution in [2.24, 2.45) is 0 Å². The fourth-order valence-electron chi connectivity index (χ4n) is 0.390. The van der Waals surface area contributed by atoms with Crippen LogP contribution in [-0.4, -0.2) is 36.6 Å². The maximum absolute atomic E-state index is 8.13. The number of aliphatic hydroxyl groups is 2. The van der Waals surface area contributed by atoms with Crippen LogP contribution in [-0.2, 0) is 74.9 Å². The van der Waals surface area contributed by atoms with Gasteiger partial charge in [-0.2, -0.15) is 13.2 Å². The van der Waals surface area contributed by atoms with Gasteiger partial charge in [-0.15, -0.1) is 0 Å². The molecule has 0 fully saturated rings. The quantitative estimate of drug-likeness (QED) is 0.514. The molecule has 0 aliphatic heterocycles. The average molecular weight is 326 g/mol. The number of hydrogen-bond donors (Lipinski definition) is 2. The van der Waals surface area contributed by atoms with E-state index in [0.717, 1.165) is 13.2 Å². The van der Waals surface area contributed by atoms with Gasteiger partial charge in [0.05, 0.1) is 13.2 Å². The molecule has 0 bridgehead atoms. The standard InChI is InChI=1S/C6H12O4.2Y/c7-1-3-9-5-6-10-4-2-8;;/h1-2,7-8H,3-6H2;;/q-2;;. The zero-order valence-electron chi connectivity index (χ0n) is 6.85. The molecule has 68 valence electrons. The van der Waals surface area contributed by atoms with Gasteiger partial charge in [0.1, 0.15) is 0 Å². The Hall–Kier alpha value is 2.05. The van der Waals surface area contributed by atoms with Crippen molar-refractivity contribution in [2.45, 2.75) is 0 Å². The second-order valence-corrected chi connectivity index (χ2v) is 1.51. The zero-order chi connectivity index (χ0) is 7.66. The summed E-state index contributed by atoms with van der Waals surface area (Å²) < 4.78 is 9.61. The van der Waals surface area contributed by atoms with Crippen molar-refractivity contribution in [1.29, 1.82) is 0 Å². The molecular weight excluding hydrogens is 314 g/mol. The Morgan fingerprint density at radius 2 is 1.17 bits per heavy atom. The van der Waals surface area contributed by atoms with Crippen molar-refractivity contribution in [3.63, 3.8) is 0 Å². The molecule has 2 radical (unpaired) electrons. The van der Waals surface area contributed by atoms with E-state index in [1.807, 2.05) is 0 Å². The molecule has 0 atom stereocenters. The SMILES string of the molecule is O[CH-]COCCOC[CH-]O.[Y].[Y]. The normalized spacial score (nSPS) is 8.50. The van der Waals surface area contributed by atoms with Gasteiger partial charge in [0, 0.05) is 65.4 Å². The van der Waals surface area contributed by atoms with Crippen LogP contribution in [0.15, 0.2) is 0 Å². The molecule has 6 heteroatoms. The molecule has 0 amide bonds. The van der Waals surface area contributed by atoms with E-state index >= 15 is 0 Å². The van der Waals surface area contributed by atoms with Crippen LogP contribution in [0.5, 0.6) is 0 Å². The van der Waals surface area contributed by atoms with Crippen LogP contribution in [0, 0.1) is 13.2 Å². The van der Waals surface area contributed by atoms with Gasteiger partial charge in [-0.05, 0) is 0 Å². The van der Waals surface area contributed by atoms with E-state index in [1.54, 1.807) is 0 Å². The van der Waals surface area contributed by atoms with Gasteiger partial charge >= 0.3 is 0 Å². The van der Waals surface area contributed by atoms with E-state index in [2.05, 4.69) is 0 Å². The van der Waals surface area contributed by atoms with Crippen LogP contribution < -0.4 is 0 Å². The summed E-state index contributed by atoms with van der Waals surface area (Å²) in [7, 11) is 0. The van der Waals surface area contributed by atoms with Crippen molar-refractivity contribution < 1.29 is 85.1 Å². The van der Waals surface area contributed by atoms with Crippen LogP contribution >= 0.6 is 0 Å². The molecule has 0 aliphatic rings. The van der Waals surface area contributed by atoms with E-state index in [9.17, 15) is 0 Å². The Morgan fingerprint density at radius 3 is 1.42 bits per heavy atom. The van der Waals surface area contributed by atoms with Crippen LogP contribution in [0.25, 0.3) is 0 Å². The molecule has 4 nitrogen and oxygen atoms in total. The molecule has 0 aromatic carbocycles. The molecule has 0 saturated carbocycles.